The standard InChI is InChI=1S/C20H21NO4/c22-20(21-11-13-24-19-6-2-1-5-18(19)21)15-7-9-16(10-8-15)25-14-17-4-3-12-23-17/h1-2,5-10,17H,3-4,11-14H2/t17-/m1/s1. The number of fused-ring (bicyclic) bond motifs is 1. The quantitative estimate of drug-likeness (QED) is 0.858. The van der Waals surface area contributed by atoms with Crippen molar-refractivity contribution in [3.63, 3.8) is 0 Å². The fraction of sp³-hybridized carbons (Fsp3) is 0.350. The fourth-order valence-corrected chi connectivity index (χ4v) is 3.20. The third kappa shape index (κ3) is 3.46. The van der Waals surface area contributed by atoms with Crippen LogP contribution in [-0.2, 0) is 4.74 Å². The summed E-state index contributed by atoms with van der Waals surface area (Å²) in [5.41, 5.74) is 1.46. The van der Waals surface area contributed by atoms with Crippen molar-refractivity contribution in [2.75, 3.05) is 31.3 Å². The molecule has 0 radical (unpaired) electrons. The van der Waals surface area contributed by atoms with E-state index < -0.39 is 0 Å². The summed E-state index contributed by atoms with van der Waals surface area (Å²) < 4.78 is 16.9. The topological polar surface area (TPSA) is 48.0 Å². The molecule has 0 aliphatic carbocycles. The number of hydrogen-bond acceptors (Lipinski definition) is 4. The summed E-state index contributed by atoms with van der Waals surface area (Å²) in [5.74, 6) is 1.48. The first-order valence-electron chi connectivity index (χ1n) is 8.69. The van der Waals surface area contributed by atoms with Gasteiger partial charge in [-0.2, -0.15) is 0 Å². The van der Waals surface area contributed by atoms with Crippen molar-refractivity contribution in [3.05, 3.63) is 54.1 Å². The van der Waals surface area contributed by atoms with Gasteiger partial charge in [0, 0.05) is 12.2 Å². The zero-order valence-electron chi connectivity index (χ0n) is 14.0. The summed E-state index contributed by atoms with van der Waals surface area (Å²) in [4.78, 5) is 14.6. The third-order valence-electron chi connectivity index (χ3n) is 4.53. The highest BCUT2D eigenvalue weighted by Crippen LogP contribution is 2.32. The molecule has 0 N–H and O–H groups in total. The molecule has 2 aromatic rings. The number of para-hydroxylation sites is 2. The molecule has 2 aliphatic rings. The van der Waals surface area contributed by atoms with Crippen LogP contribution in [0.5, 0.6) is 11.5 Å². The number of anilines is 1. The maximum atomic E-state index is 12.9. The average Bonchev–Trinajstić information content (AvgIpc) is 3.19. The van der Waals surface area contributed by atoms with Crippen LogP contribution >= 0.6 is 0 Å². The van der Waals surface area contributed by atoms with Gasteiger partial charge in [-0.3, -0.25) is 4.79 Å². The molecule has 0 bridgehead atoms. The van der Waals surface area contributed by atoms with E-state index in [1.54, 1.807) is 4.90 Å². The number of hydrogen-bond donors (Lipinski definition) is 0. The Balaban J connectivity index is 1.44. The van der Waals surface area contributed by atoms with Gasteiger partial charge in [0.25, 0.3) is 5.91 Å². The molecule has 1 atom stereocenters. The van der Waals surface area contributed by atoms with Gasteiger partial charge in [0.15, 0.2) is 0 Å². The lowest BCUT2D eigenvalue weighted by atomic mass is 10.1. The van der Waals surface area contributed by atoms with Gasteiger partial charge in [-0.15, -0.1) is 0 Å². The lowest BCUT2D eigenvalue weighted by Gasteiger charge is -2.29. The number of rotatable bonds is 4. The zero-order chi connectivity index (χ0) is 17.1. The van der Waals surface area contributed by atoms with Gasteiger partial charge in [-0.1, -0.05) is 12.1 Å². The second kappa shape index (κ2) is 7.15. The molecule has 1 fully saturated rings. The molecule has 1 amide bonds. The molecule has 5 nitrogen and oxygen atoms in total. The smallest absolute Gasteiger partial charge is 0.258 e. The van der Waals surface area contributed by atoms with Crippen LogP contribution in [0.4, 0.5) is 5.69 Å². The Morgan fingerprint density at radius 1 is 1.12 bits per heavy atom. The van der Waals surface area contributed by atoms with Crippen molar-refractivity contribution in [2.24, 2.45) is 0 Å². The van der Waals surface area contributed by atoms with E-state index >= 15 is 0 Å². The summed E-state index contributed by atoms with van der Waals surface area (Å²) in [6.45, 7) is 2.44. The molecule has 25 heavy (non-hydrogen) atoms. The number of carbonyl (C=O) groups excluding carboxylic acids is 1. The highest BCUT2D eigenvalue weighted by atomic mass is 16.5. The molecule has 130 valence electrons. The molecule has 2 aliphatic heterocycles. The average molecular weight is 339 g/mol. The van der Waals surface area contributed by atoms with Crippen molar-refractivity contribution >= 4 is 11.6 Å². The van der Waals surface area contributed by atoms with Crippen LogP contribution in [0.1, 0.15) is 23.2 Å². The number of nitrogens with zero attached hydrogens (tertiary/aromatic N) is 1. The molecule has 4 rings (SSSR count). The van der Waals surface area contributed by atoms with Crippen molar-refractivity contribution in [1.29, 1.82) is 0 Å². The molecule has 0 aromatic heterocycles. The molecular weight excluding hydrogens is 318 g/mol. The minimum atomic E-state index is -0.0265. The highest BCUT2D eigenvalue weighted by Gasteiger charge is 2.24. The van der Waals surface area contributed by atoms with E-state index in [9.17, 15) is 4.79 Å². The summed E-state index contributed by atoms with van der Waals surface area (Å²) >= 11 is 0. The normalized spacial score (nSPS) is 19.2. The molecule has 2 aromatic carbocycles. The van der Waals surface area contributed by atoms with E-state index in [1.165, 1.54) is 0 Å². The van der Waals surface area contributed by atoms with Gasteiger partial charge >= 0.3 is 0 Å². The van der Waals surface area contributed by atoms with E-state index in [0.717, 1.165) is 36.6 Å². The number of benzene rings is 2. The van der Waals surface area contributed by atoms with Gasteiger partial charge < -0.3 is 19.1 Å². The molecule has 0 saturated carbocycles. The lowest BCUT2D eigenvalue weighted by molar-refractivity contribution is 0.0679. The van der Waals surface area contributed by atoms with Crippen LogP contribution in [-0.4, -0.2) is 38.4 Å². The Labute approximate surface area is 147 Å². The monoisotopic (exact) mass is 339 g/mol. The van der Waals surface area contributed by atoms with E-state index in [0.29, 0.717) is 25.3 Å². The Hall–Kier alpha value is -2.53. The fourth-order valence-electron chi connectivity index (χ4n) is 3.20. The molecular formula is C20H21NO4. The van der Waals surface area contributed by atoms with Crippen molar-refractivity contribution in [2.45, 2.75) is 18.9 Å². The van der Waals surface area contributed by atoms with Crippen LogP contribution in [0.3, 0.4) is 0 Å². The van der Waals surface area contributed by atoms with E-state index in [4.69, 9.17) is 14.2 Å². The van der Waals surface area contributed by atoms with Gasteiger partial charge in [0.05, 0.1) is 18.3 Å². The van der Waals surface area contributed by atoms with Crippen molar-refractivity contribution < 1.29 is 19.0 Å². The summed E-state index contributed by atoms with van der Waals surface area (Å²) in [5, 5.41) is 0. The van der Waals surface area contributed by atoms with Crippen LogP contribution in [0, 0.1) is 0 Å². The maximum Gasteiger partial charge on any atom is 0.258 e. The first kappa shape index (κ1) is 16.0. The molecule has 0 unspecified atom stereocenters. The van der Waals surface area contributed by atoms with Gasteiger partial charge in [0.1, 0.15) is 24.7 Å². The molecule has 2 heterocycles. The number of ether oxygens (including phenoxy) is 3. The van der Waals surface area contributed by atoms with Crippen LogP contribution < -0.4 is 14.4 Å². The van der Waals surface area contributed by atoms with Crippen molar-refractivity contribution in [3.8, 4) is 11.5 Å². The number of amides is 1. The second-order valence-electron chi connectivity index (χ2n) is 6.24. The van der Waals surface area contributed by atoms with Crippen LogP contribution in [0.2, 0.25) is 0 Å². The second-order valence-corrected chi connectivity index (χ2v) is 6.24. The molecule has 5 heteroatoms. The first-order chi connectivity index (χ1) is 12.3. The Morgan fingerprint density at radius 3 is 2.76 bits per heavy atom. The summed E-state index contributed by atoms with van der Waals surface area (Å²) in [6, 6.07) is 14.9. The van der Waals surface area contributed by atoms with Gasteiger partial charge in [-0.25, -0.2) is 0 Å². The zero-order valence-corrected chi connectivity index (χ0v) is 14.0. The summed E-state index contributed by atoms with van der Waals surface area (Å²) in [7, 11) is 0. The van der Waals surface area contributed by atoms with Crippen LogP contribution in [0.15, 0.2) is 48.5 Å². The van der Waals surface area contributed by atoms with E-state index in [2.05, 4.69) is 0 Å². The Bertz CT molecular complexity index is 738. The Kier molecular flexibility index (Phi) is 4.57. The van der Waals surface area contributed by atoms with Crippen molar-refractivity contribution in [1.82, 2.24) is 0 Å². The SMILES string of the molecule is O=C(c1ccc(OC[C@H]2CCCO2)cc1)N1CCOc2ccccc21. The predicted molar refractivity (Wildman–Crippen MR) is 94.5 cm³/mol. The largest absolute Gasteiger partial charge is 0.491 e. The molecule has 0 spiro atoms. The first-order valence-corrected chi connectivity index (χ1v) is 8.69. The third-order valence-corrected chi connectivity index (χ3v) is 4.53. The lowest BCUT2D eigenvalue weighted by Crippen LogP contribution is -2.37. The van der Waals surface area contributed by atoms with Gasteiger partial charge in [0.2, 0.25) is 0 Å². The minimum Gasteiger partial charge on any atom is -0.491 e. The van der Waals surface area contributed by atoms with E-state index in [-0.39, 0.29) is 12.0 Å². The van der Waals surface area contributed by atoms with E-state index in [1.807, 2.05) is 48.5 Å². The molecule has 1 saturated heterocycles. The predicted octanol–water partition coefficient (Wildman–Crippen LogP) is 3.28. The summed E-state index contributed by atoms with van der Waals surface area (Å²) in [6.07, 6.45) is 2.33. The van der Waals surface area contributed by atoms with Crippen LogP contribution in [0.25, 0.3) is 0 Å². The van der Waals surface area contributed by atoms with Gasteiger partial charge in [-0.05, 0) is 49.2 Å². The minimum absolute atomic E-state index is 0.0265. The highest BCUT2D eigenvalue weighted by molar-refractivity contribution is 6.07. The Morgan fingerprint density at radius 2 is 1.96 bits per heavy atom. The number of carbonyl (C=O) groups is 1. The maximum absolute atomic E-state index is 12.9.